The number of hydrogen-bond acceptors (Lipinski definition) is 3. The van der Waals surface area contributed by atoms with Gasteiger partial charge in [-0.3, -0.25) is 0 Å². The Bertz CT molecular complexity index is 493. The third-order valence-corrected chi connectivity index (χ3v) is 3.20. The highest BCUT2D eigenvalue weighted by atomic mass is 16.5. The summed E-state index contributed by atoms with van der Waals surface area (Å²) < 4.78 is 11.1. The Morgan fingerprint density at radius 1 is 1.20 bits per heavy atom. The van der Waals surface area contributed by atoms with E-state index in [-0.39, 0.29) is 6.04 Å². The van der Waals surface area contributed by atoms with Gasteiger partial charge in [0.25, 0.3) is 0 Å². The van der Waals surface area contributed by atoms with Crippen LogP contribution in [0.4, 0.5) is 0 Å². The molecule has 1 heterocycles. The number of furan rings is 1. The van der Waals surface area contributed by atoms with Crippen molar-refractivity contribution >= 4 is 0 Å². The van der Waals surface area contributed by atoms with Gasteiger partial charge in [0.1, 0.15) is 11.5 Å². The minimum absolute atomic E-state index is 0.251. The van der Waals surface area contributed by atoms with Crippen LogP contribution in [0.3, 0.4) is 0 Å². The molecule has 3 heteroatoms. The zero-order chi connectivity index (χ0) is 14.2. The Morgan fingerprint density at radius 2 is 2.10 bits per heavy atom. The Labute approximate surface area is 121 Å². The second kappa shape index (κ2) is 7.75. The molecule has 2 aromatic rings. The molecular formula is C17H23NO2. The lowest BCUT2D eigenvalue weighted by atomic mass is 10.0. The molecule has 1 unspecified atom stereocenters. The van der Waals surface area contributed by atoms with E-state index in [1.54, 1.807) is 6.26 Å². The van der Waals surface area contributed by atoms with Gasteiger partial charge >= 0.3 is 0 Å². The quantitative estimate of drug-likeness (QED) is 0.790. The van der Waals surface area contributed by atoms with Crippen molar-refractivity contribution in [1.82, 2.24) is 5.32 Å². The van der Waals surface area contributed by atoms with Crippen LogP contribution < -0.4 is 10.1 Å². The molecule has 0 radical (unpaired) electrons. The molecule has 1 aromatic heterocycles. The Hall–Kier alpha value is -1.74. The molecule has 0 aliphatic rings. The first-order valence-corrected chi connectivity index (χ1v) is 7.32. The minimum Gasteiger partial charge on any atom is -0.494 e. The number of rotatable bonds is 8. The van der Waals surface area contributed by atoms with E-state index in [9.17, 15) is 0 Å². The lowest BCUT2D eigenvalue weighted by Crippen LogP contribution is -2.24. The summed E-state index contributed by atoms with van der Waals surface area (Å²) in [6, 6.07) is 12.5. The first-order chi connectivity index (χ1) is 9.83. The molecule has 0 amide bonds. The van der Waals surface area contributed by atoms with Gasteiger partial charge in [0, 0.05) is 12.5 Å². The molecule has 0 spiro atoms. The zero-order valence-corrected chi connectivity index (χ0v) is 12.3. The van der Waals surface area contributed by atoms with Gasteiger partial charge in [-0.25, -0.2) is 0 Å². The smallest absolute Gasteiger partial charge is 0.119 e. The van der Waals surface area contributed by atoms with Gasteiger partial charge in [-0.1, -0.05) is 19.1 Å². The zero-order valence-electron chi connectivity index (χ0n) is 12.3. The molecule has 0 fully saturated rings. The van der Waals surface area contributed by atoms with Crippen LogP contribution in [-0.4, -0.2) is 13.2 Å². The van der Waals surface area contributed by atoms with Crippen molar-refractivity contribution in [1.29, 1.82) is 0 Å². The van der Waals surface area contributed by atoms with Crippen molar-refractivity contribution in [2.45, 2.75) is 32.7 Å². The third kappa shape index (κ3) is 4.14. The molecule has 1 aromatic carbocycles. The highest BCUT2D eigenvalue weighted by Gasteiger charge is 2.13. The van der Waals surface area contributed by atoms with Gasteiger partial charge in [0.15, 0.2) is 0 Å². The summed E-state index contributed by atoms with van der Waals surface area (Å²) in [5.74, 6) is 1.92. The maximum atomic E-state index is 5.59. The molecule has 0 aliphatic heterocycles. The van der Waals surface area contributed by atoms with Gasteiger partial charge in [0.2, 0.25) is 0 Å². The predicted octanol–water partition coefficient (Wildman–Crippen LogP) is 3.96. The van der Waals surface area contributed by atoms with Crippen LogP contribution >= 0.6 is 0 Å². The number of nitrogens with one attached hydrogen (secondary N) is 1. The van der Waals surface area contributed by atoms with E-state index in [2.05, 4.69) is 24.4 Å². The molecule has 0 bridgehead atoms. The first kappa shape index (κ1) is 14.7. The van der Waals surface area contributed by atoms with Gasteiger partial charge in [-0.2, -0.15) is 0 Å². The van der Waals surface area contributed by atoms with E-state index in [1.165, 1.54) is 5.56 Å². The average molecular weight is 273 g/mol. The van der Waals surface area contributed by atoms with E-state index in [4.69, 9.17) is 9.15 Å². The van der Waals surface area contributed by atoms with Crippen molar-refractivity contribution in [2.75, 3.05) is 13.2 Å². The maximum Gasteiger partial charge on any atom is 0.119 e. The monoisotopic (exact) mass is 273 g/mol. The largest absolute Gasteiger partial charge is 0.494 e. The van der Waals surface area contributed by atoms with Gasteiger partial charge < -0.3 is 14.5 Å². The van der Waals surface area contributed by atoms with Crippen molar-refractivity contribution in [3.05, 3.63) is 54.0 Å². The van der Waals surface area contributed by atoms with Gasteiger partial charge in [-0.05, 0) is 49.7 Å². The fourth-order valence-corrected chi connectivity index (χ4v) is 2.24. The van der Waals surface area contributed by atoms with Gasteiger partial charge in [0.05, 0.1) is 12.9 Å². The molecular weight excluding hydrogens is 250 g/mol. The van der Waals surface area contributed by atoms with E-state index in [0.29, 0.717) is 6.61 Å². The van der Waals surface area contributed by atoms with Crippen LogP contribution in [0.25, 0.3) is 0 Å². The van der Waals surface area contributed by atoms with E-state index in [1.807, 2.05) is 31.2 Å². The Morgan fingerprint density at radius 3 is 2.80 bits per heavy atom. The highest BCUT2D eigenvalue weighted by Crippen LogP contribution is 2.23. The van der Waals surface area contributed by atoms with E-state index >= 15 is 0 Å². The number of ether oxygens (including phenoxy) is 1. The number of hydrogen-bond donors (Lipinski definition) is 1. The summed E-state index contributed by atoms with van der Waals surface area (Å²) in [6.45, 7) is 5.86. The van der Waals surface area contributed by atoms with Crippen LogP contribution in [0, 0.1) is 0 Å². The van der Waals surface area contributed by atoms with Crippen LogP contribution in [0.1, 0.15) is 37.6 Å². The van der Waals surface area contributed by atoms with Crippen LogP contribution in [0.5, 0.6) is 5.75 Å². The summed E-state index contributed by atoms with van der Waals surface area (Å²) in [5, 5.41) is 3.58. The lowest BCUT2D eigenvalue weighted by Gasteiger charge is -2.18. The summed E-state index contributed by atoms with van der Waals surface area (Å²) in [6.07, 6.45) is 3.69. The van der Waals surface area contributed by atoms with E-state index in [0.717, 1.165) is 30.9 Å². The standard InChI is InChI=1S/C17H23NO2/c1-3-10-18-17(13-16-9-6-11-20-16)14-7-5-8-15(12-14)19-4-2/h5-9,11-12,17-18H,3-4,10,13H2,1-2H3. The number of benzene rings is 1. The molecule has 0 saturated heterocycles. The van der Waals surface area contributed by atoms with E-state index < -0.39 is 0 Å². The topological polar surface area (TPSA) is 34.4 Å². The molecule has 2 rings (SSSR count). The fourth-order valence-electron chi connectivity index (χ4n) is 2.24. The normalized spacial score (nSPS) is 12.3. The molecule has 20 heavy (non-hydrogen) atoms. The first-order valence-electron chi connectivity index (χ1n) is 7.32. The molecule has 0 aliphatic carbocycles. The predicted molar refractivity (Wildman–Crippen MR) is 81.1 cm³/mol. The highest BCUT2D eigenvalue weighted by molar-refractivity contribution is 5.31. The molecule has 108 valence electrons. The lowest BCUT2D eigenvalue weighted by molar-refractivity contribution is 0.339. The van der Waals surface area contributed by atoms with Gasteiger partial charge in [-0.15, -0.1) is 0 Å². The third-order valence-electron chi connectivity index (χ3n) is 3.20. The molecule has 3 nitrogen and oxygen atoms in total. The van der Waals surface area contributed by atoms with Crippen LogP contribution in [0.15, 0.2) is 47.1 Å². The van der Waals surface area contributed by atoms with Crippen molar-refractivity contribution in [3.63, 3.8) is 0 Å². The summed E-state index contributed by atoms with van der Waals surface area (Å²) in [7, 11) is 0. The van der Waals surface area contributed by atoms with Crippen LogP contribution in [-0.2, 0) is 6.42 Å². The average Bonchev–Trinajstić information content (AvgIpc) is 2.97. The fraction of sp³-hybridized carbons (Fsp3) is 0.412. The summed E-state index contributed by atoms with van der Waals surface area (Å²) in [4.78, 5) is 0. The molecule has 1 N–H and O–H groups in total. The van der Waals surface area contributed by atoms with Crippen molar-refractivity contribution < 1.29 is 9.15 Å². The summed E-state index contributed by atoms with van der Waals surface area (Å²) >= 11 is 0. The second-order valence-electron chi connectivity index (χ2n) is 4.80. The van der Waals surface area contributed by atoms with Crippen molar-refractivity contribution in [2.24, 2.45) is 0 Å². The maximum absolute atomic E-state index is 5.59. The minimum atomic E-state index is 0.251. The summed E-state index contributed by atoms with van der Waals surface area (Å²) in [5.41, 5.74) is 1.24. The molecule has 0 saturated carbocycles. The van der Waals surface area contributed by atoms with Crippen LogP contribution in [0.2, 0.25) is 0 Å². The molecule has 1 atom stereocenters. The Balaban J connectivity index is 2.14. The SMILES string of the molecule is CCCNC(Cc1ccco1)c1cccc(OCC)c1. The van der Waals surface area contributed by atoms with Crippen molar-refractivity contribution in [3.8, 4) is 5.75 Å². The Kier molecular flexibility index (Phi) is 5.69. The second-order valence-corrected chi connectivity index (χ2v) is 4.80.